The molecule has 0 aliphatic heterocycles. The zero-order chi connectivity index (χ0) is 13.8. The van der Waals surface area contributed by atoms with E-state index in [1.165, 1.54) is 24.3 Å². The van der Waals surface area contributed by atoms with Crippen molar-refractivity contribution in [2.45, 2.75) is 0 Å². The highest BCUT2D eigenvalue weighted by molar-refractivity contribution is 6.00. The molecule has 0 aliphatic rings. The Morgan fingerprint density at radius 3 is 2.16 bits per heavy atom. The number of carbonyl (C=O) groups excluding carboxylic acids is 1. The topological polar surface area (TPSA) is 102 Å². The van der Waals surface area contributed by atoms with Crippen LogP contribution in [0.2, 0.25) is 0 Å². The third-order valence-corrected chi connectivity index (χ3v) is 2.31. The SMILES string of the molecule is O=C(Nc1cc(O)cc(O)c1)Nc1ccccc1O. The molecule has 0 bridgehead atoms. The van der Waals surface area contributed by atoms with Gasteiger partial charge in [0.1, 0.15) is 17.2 Å². The maximum absolute atomic E-state index is 11.7. The number of urea groups is 1. The molecule has 2 rings (SSSR count). The van der Waals surface area contributed by atoms with Gasteiger partial charge >= 0.3 is 6.03 Å². The fraction of sp³-hybridized carbons (Fsp3) is 0. The second kappa shape index (κ2) is 5.18. The van der Waals surface area contributed by atoms with Crippen molar-refractivity contribution >= 4 is 17.4 Å². The van der Waals surface area contributed by atoms with E-state index >= 15 is 0 Å². The molecule has 0 radical (unpaired) electrons. The number of phenols is 3. The molecule has 0 unspecified atom stereocenters. The number of phenolic OH excluding ortho intramolecular Hbond substituents is 3. The molecule has 0 spiro atoms. The molecule has 0 saturated heterocycles. The molecule has 2 aromatic carbocycles. The first-order chi connectivity index (χ1) is 9.04. The first kappa shape index (κ1) is 12.6. The van der Waals surface area contributed by atoms with Gasteiger partial charge in [0.2, 0.25) is 0 Å². The number of benzene rings is 2. The molecule has 6 heteroatoms. The largest absolute Gasteiger partial charge is 0.508 e. The number of nitrogens with one attached hydrogen (secondary N) is 2. The highest BCUT2D eigenvalue weighted by Crippen LogP contribution is 2.25. The van der Waals surface area contributed by atoms with Gasteiger partial charge in [-0.25, -0.2) is 4.79 Å². The lowest BCUT2D eigenvalue weighted by atomic mass is 10.3. The van der Waals surface area contributed by atoms with Crippen molar-refractivity contribution in [1.29, 1.82) is 0 Å². The lowest BCUT2D eigenvalue weighted by Gasteiger charge is -2.09. The van der Waals surface area contributed by atoms with Crippen LogP contribution in [0.15, 0.2) is 42.5 Å². The minimum atomic E-state index is -0.605. The van der Waals surface area contributed by atoms with Crippen LogP contribution in [0, 0.1) is 0 Å². The van der Waals surface area contributed by atoms with E-state index in [4.69, 9.17) is 0 Å². The number of hydrogen-bond donors (Lipinski definition) is 5. The molecule has 0 aromatic heterocycles. The number of aromatic hydroxyl groups is 3. The summed E-state index contributed by atoms with van der Waals surface area (Å²) in [6, 6.07) is 9.37. The van der Waals surface area contributed by atoms with Crippen LogP contribution in [0.3, 0.4) is 0 Å². The Kier molecular flexibility index (Phi) is 3.42. The van der Waals surface area contributed by atoms with Crippen molar-refractivity contribution < 1.29 is 20.1 Å². The first-order valence-corrected chi connectivity index (χ1v) is 5.43. The van der Waals surface area contributed by atoms with Crippen LogP contribution in [0.5, 0.6) is 17.2 Å². The Labute approximate surface area is 108 Å². The van der Waals surface area contributed by atoms with E-state index in [1.54, 1.807) is 12.1 Å². The van der Waals surface area contributed by atoms with Gasteiger partial charge in [-0.05, 0) is 12.1 Å². The van der Waals surface area contributed by atoms with E-state index in [9.17, 15) is 20.1 Å². The zero-order valence-corrected chi connectivity index (χ0v) is 9.79. The van der Waals surface area contributed by atoms with Crippen molar-refractivity contribution in [3.63, 3.8) is 0 Å². The molecule has 19 heavy (non-hydrogen) atoms. The number of rotatable bonds is 2. The molecule has 2 amide bonds. The maximum atomic E-state index is 11.7. The van der Waals surface area contributed by atoms with Crippen LogP contribution in [0.4, 0.5) is 16.2 Å². The minimum Gasteiger partial charge on any atom is -0.508 e. The number of carbonyl (C=O) groups is 1. The summed E-state index contributed by atoms with van der Waals surface area (Å²) in [5.41, 5.74) is 0.481. The van der Waals surface area contributed by atoms with E-state index in [0.717, 1.165) is 6.07 Å². The van der Waals surface area contributed by atoms with Crippen LogP contribution in [0.1, 0.15) is 0 Å². The third-order valence-electron chi connectivity index (χ3n) is 2.31. The second-order valence-electron chi connectivity index (χ2n) is 3.83. The second-order valence-corrected chi connectivity index (χ2v) is 3.83. The average Bonchev–Trinajstić information content (AvgIpc) is 2.30. The molecule has 0 aliphatic carbocycles. The monoisotopic (exact) mass is 260 g/mol. The van der Waals surface area contributed by atoms with Gasteiger partial charge in [0.15, 0.2) is 0 Å². The van der Waals surface area contributed by atoms with Crippen LogP contribution in [-0.4, -0.2) is 21.4 Å². The summed E-state index contributed by atoms with van der Waals surface area (Å²) in [5.74, 6) is -0.396. The van der Waals surface area contributed by atoms with Crippen molar-refractivity contribution in [3.8, 4) is 17.2 Å². The summed E-state index contributed by atoms with van der Waals surface area (Å²) in [5, 5.41) is 32.9. The Balaban J connectivity index is 2.07. The molecule has 0 atom stereocenters. The fourth-order valence-corrected chi connectivity index (χ4v) is 1.53. The predicted octanol–water partition coefficient (Wildman–Crippen LogP) is 2.45. The smallest absolute Gasteiger partial charge is 0.323 e. The van der Waals surface area contributed by atoms with Crippen LogP contribution >= 0.6 is 0 Å². The van der Waals surface area contributed by atoms with Gasteiger partial charge in [0.05, 0.1) is 5.69 Å². The van der Waals surface area contributed by atoms with E-state index in [1.807, 2.05) is 0 Å². The van der Waals surface area contributed by atoms with Gasteiger partial charge in [-0.3, -0.25) is 0 Å². The number of anilines is 2. The summed E-state index contributed by atoms with van der Waals surface area (Å²) < 4.78 is 0. The average molecular weight is 260 g/mol. The molecule has 0 heterocycles. The van der Waals surface area contributed by atoms with Gasteiger partial charge in [-0.15, -0.1) is 0 Å². The molecular formula is C13H12N2O4. The molecule has 6 nitrogen and oxygen atoms in total. The normalized spacial score (nSPS) is 9.89. The van der Waals surface area contributed by atoms with E-state index < -0.39 is 6.03 Å². The predicted molar refractivity (Wildman–Crippen MR) is 70.5 cm³/mol. The van der Waals surface area contributed by atoms with E-state index in [2.05, 4.69) is 10.6 Å². The summed E-state index contributed by atoms with van der Waals surface area (Å²) in [7, 11) is 0. The van der Waals surface area contributed by atoms with Gasteiger partial charge in [0.25, 0.3) is 0 Å². The molecular weight excluding hydrogens is 248 g/mol. The number of hydrogen-bond acceptors (Lipinski definition) is 4. The summed E-state index contributed by atoms with van der Waals surface area (Å²) >= 11 is 0. The standard InChI is InChI=1S/C13H12N2O4/c16-9-5-8(6-10(17)7-9)14-13(19)15-11-3-1-2-4-12(11)18/h1-7,16-18H,(H2,14,15,19). The lowest BCUT2D eigenvalue weighted by Crippen LogP contribution is -2.19. The highest BCUT2D eigenvalue weighted by Gasteiger charge is 2.07. The summed E-state index contributed by atoms with van der Waals surface area (Å²) in [6.45, 7) is 0. The molecule has 0 saturated carbocycles. The fourth-order valence-electron chi connectivity index (χ4n) is 1.53. The third kappa shape index (κ3) is 3.29. The van der Waals surface area contributed by atoms with E-state index in [-0.39, 0.29) is 28.6 Å². The Morgan fingerprint density at radius 2 is 1.53 bits per heavy atom. The van der Waals surface area contributed by atoms with Crippen LogP contribution in [-0.2, 0) is 0 Å². The highest BCUT2D eigenvalue weighted by atomic mass is 16.3. The number of para-hydroxylation sites is 2. The molecule has 2 aromatic rings. The maximum Gasteiger partial charge on any atom is 0.323 e. The van der Waals surface area contributed by atoms with Gasteiger partial charge in [0, 0.05) is 23.9 Å². The van der Waals surface area contributed by atoms with Crippen molar-refractivity contribution in [2.24, 2.45) is 0 Å². The van der Waals surface area contributed by atoms with E-state index in [0.29, 0.717) is 0 Å². The Hall–Kier alpha value is -2.89. The van der Waals surface area contributed by atoms with Crippen molar-refractivity contribution in [2.75, 3.05) is 10.6 Å². The van der Waals surface area contributed by atoms with Gasteiger partial charge < -0.3 is 26.0 Å². The van der Waals surface area contributed by atoms with Crippen LogP contribution < -0.4 is 10.6 Å². The minimum absolute atomic E-state index is 0.0589. The van der Waals surface area contributed by atoms with Gasteiger partial charge in [-0.1, -0.05) is 12.1 Å². The Bertz CT molecular complexity index is 593. The molecule has 98 valence electrons. The quantitative estimate of drug-likeness (QED) is 0.535. The van der Waals surface area contributed by atoms with Crippen LogP contribution in [0.25, 0.3) is 0 Å². The lowest BCUT2D eigenvalue weighted by molar-refractivity contribution is 0.262. The summed E-state index contributed by atoms with van der Waals surface area (Å²) in [4.78, 5) is 11.7. The Morgan fingerprint density at radius 1 is 0.895 bits per heavy atom. The molecule has 5 N–H and O–H groups in total. The molecule has 0 fully saturated rings. The number of amides is 2. The first-order valence-electron chi connectivity index (χ1n) is 5.43. The van der Waals surface area contributed by atoms with Crippen molar-refractivity contribution in [3.05, 3.63) is 42.5 Å². The van der Waals surface area contributed by atoms with Crippen molar-refractivity contribution in [1.82, 2.24) is 0 Å². The zero-order valence-electron chi connectivity index (χ0n) is 9.79. The summed E-state index contributed by atoms with van der Waals surface area (Å²) in [6.07, 6.45) is 0. The van der Waals surface area contributed by atoms with Gasteiger partial charge in [-0.2, -0.15) is 0 Å².